The largest absolute Gasteiger partial charge is 0.494 e. The van der Waals surface area contributed by atoms with E-state index >= 15 is 0 Å². The molecule has 0 aliphatic carbocycles. The van der Waals surface area contributed by atoms with E-state index in [-0.39, 0.29) is 24.4 Å². The van der Waals surface area contributed by atoms with Gasteiger partial charge in [-0.2, -0.15) is 0 Å². The minimum Gasteiger partial charge on any atom is -0.494 e. The van der Waals surface area contributed by atoms with Gasteiger partial charge in [-0.25, -0.2) is 0 Å². The standard InChI is InChI=1S/C25H32ClN3O3/c1-2-3-16-32-23-10-6-20(7-11-23)25(31)27-17-24(30)28-22-12-14-29(15-13-22)18-19-4-8-21(26)9-5-19/h4-11,22H,2-3,12-18H2,1H3,(H,27,31)(H,28,30). The zero-order chi connectivity index (χ0) is 22.8. The van der Waals surface area contributed by atoms with Crippen LogP contribution in [0, 0.1) is 0 Å². The second kappa shape index (κ2) is 12.5. The summed E-state index contributed by atoms with van der Waals surface area (Å²) in [5, 5.41) is 6.48. The van der Waals surface area contributed by atoms with Crippen LogP contribution in [0.3, 0.4) is 0 Å². The fourth-order valence-corrected chi connectivity index (χ4v) is 3.79. The van der Waals surface area contributed by atoms with Gasteiger partial charge in [0.25, 0.3) is 5.91 Å². The molecule has 0 atom stereocenters. The van der Waals surface area contributed by atoms with E-state index in [1.165, 1.54) is 5.56 Å². The molecule has 1 fully saturated rings. The summed E-state index contributed by atoms with van der Waals surface area (Å²) in [6.07, 6.45) is 3.86. The molecule has 1 heterocycles. The molecule has 0 aromatic heterocycles. The zero-order valence-electron chi connectivity index (χ0n) is 18.6. The normalized spacial score (nSPS) is 14.7. The number of carbonyl (C=O) groups is 2. The first-order chi connectivity index (χ1) is 15.5. The van der Waals surface area contributed by atoms with Gasteiger partial charge in [0.05, 0.1) is 13.2 Å². The Morgan fingerprint density at radius 3 is 2.41 bits per heavy atom. The van der Waals surface area contributed by atoms with Crippen LogP contribution in [0.1, 0.15) is 48.5 Å². The van der Waals surface area contributed by atoms with E-state index in [0.717, 1.165) is 56.1 Å². The van der Waals surface area contributed by atoms with Gasteiger partial charge in [0, 0.05) is 36.3 Å². The number of unbranched alkanes of at least 4 members (excludes halogenated alkanes) is 1. The average Bonchev–Trinajstić information content (AvgIpc) is 2.81. The van der Waals surface area contributed by atoms with Crippen molar-refractivity contribution in [2.45, 2.75) is 45.2 Å². The van der Waals surface area contributed by atoms with Gasteiger partial charge < -0.3 is 15.4 Å². The van der Waals surface area contributed by atoms with Crippen LogP contribution in [0.15, 0.2) is 48.5 Å². The summed E-state index contributed by atoms with van der Waals surface area (Å²) < 4.78 is 5.60. The second-order valence-corrected chi connectivity index (χ2v) is 8.59. The lowest BCUT2D eigenvalue weighted by Gasteiger charge is -2.32. The molecule has 2 aromatic rings. The number of halogens is 1. The summed E-state index contributed by atoms with van der Waals surface area (Å²) >= 11 is 5.94. The summed E-state index contributed by atoms with van der Waals surface area (Å²) in [4.78, 5) is 27.0. The van der Waals surface area contributed by atoms with Gasteiger partial charge in [-0.15, -0.1) is 0 Å². The van der Waals surface area contributed by atoms with Crippen molar-refractivity contribution in [3.8, 4) is 5.75 Å². The minimum absolute atomic E-state index is 0.0292. The maximum absolute atomic E-state index is 12.3. The Hall–Kier alpha value is -2.57. The third-order valence-corrected chi connectivity index (χ3v) is 5.82. The first kappa shape index (κ1) is 24.1. The fraction of sp³-hybridized carbons (Fsp3) is 0.440. The monoisotopic (exact) mass is 457 g/mol. The molecule has 3 rings (SSSR count). The van der Waals surface area contributed by atoms with Crippen molar-refractivity contribution >= 4 is 23.4 Å². The SMILES string of the molecule is CCCCOc1ccc(C(=O)NCC(=O)NC2CCN(Cc3ccc(Cl)cc3)CC2)cc1. The molecule has 2 amide bonds. The van der Waals surface area contributed by atoms with Crippen molar-refractivity contribution in [3.05, 3.63) is 64.7 Å². The topological polar surface area (TPSA) is 70.7 Å². The van der Waals surface area contributed by atoms with Crippen molar-refractivity contribution < 1.29 is 14.3 Å². The lowest BCUT2D eigenvalue weighted by atomic mass is 10.0. The summed E-state index contributed by atoms with van der Waals surface area (Å²) in [5.74, 6) is 0.321. The van der Waals surface area contributed by atoms with Gasteiger partial charge in [-0.3, -0.25) is 14.5 Å². The molecule has 1 aliphatic heterocycles. The number of nitrogens with zero attached hydrogens (tertiary/aromatic N) is 1. The highest BCUT2D eigenvalue weighted by Gasteiger charge is 2.21. The zero-order valence-corrected chi connectivity index (χ0v) is 19.4. The predicted octanol–water partition coefficient (Wildman–Crippen LogP) is 4.03. The molecule has 7 heteroatoms. The van der Waals surface area contributed by atoms with Gasteiger partial charge in [0.1, 0.15) is 5.75 Å². The average molecular weight is 458 g/mol. The second-order valence-electron chi connectivity index (χ2n) is 8.15. The van der Waals surface area contributed by atoms with Crippen molar-refractivity contribution in [3.63, 3.8) is 0 Å². The first-order valence-corrected chi connectivity index (χ1v) is 11.7. The number of piperidine rings is 1. The molecule has 172 valence electrons. The Labute approximate surface area is 195 Å². The molecule has 1 aliphatic rings. The van der Waals surface area contributed by atoms with E-state index in [0.29, 0.717) is 12.2 Å². The van der Waals surface area contributed by atoms with Gasteiger partial charge in [0.15, 0.2) is 0 Å². The molecule has 6 nitrogen and oxygen atoms in total. The summed E-state index contributed by atoms with van der Waals surface area (Å²) in [7, 11) is 0. The lowest BCUT2D eigenvalue weighted by Crippen LogP contribution is -2.47. The number of hydrogen-bond acceptors (Lipinski definition) is 4. The van der Waals surface area contributed by atoms with Crippen LogP contribution in [-0.4, -0.2) is 49.0 Å². The van der Waals surface area contributed by atoms with Crippen LogP contribution >= 0.6 is 11.6 Å². The van der Waals surface area contributed by atoms with Crippen LogP contribution < -0.4 is 15.4 Å². The molecule has 0 radical (unpaired) electrons. The van der Waals surface area contributed by atoms with Crippen LogP contribution in [0.4, 0.5) is 0 Å². The molecule has 1 saturated heterocycles. The van der Waals surface area contributed by atoms with Gasteiger partial charge >= 0.3 is 0 Å². The number of benzene rings is 2. The van der Waals surface area contributed by atoms with Gasteiger partial charge in [0.2, 0.25) is 5.91 Å². The number of carbonyl (C=O) groups excluding carboxylic acids is 2. The highest BCUT2D eigenvalue weighted by atomic mass is 35.5. The lowest BCUT2D eigenvalue weighted by molar-refractivity contribution is -0.121. The number of likely N-dealkylation sites (tertiary alicyclic amines) is 1. The Morgan fingerprint density at radius 2 is 1.75 bits per heavy atom. The van der Waals surface area contributed by atoms with Crippen LogP contribution in [0.2, 0.25) is 5.02 Å². The van der Waals surface area contributed by atoms with E-state index in [9.17, 15) is 9.59 Å². The molecular formula is C25H32ClN3O3. The van der Waals surface area contributed by atoms with Crippen LogP contribution in [0.25, 0.3) is 0 Å². The van der Waals surface area contributed by atoms with Crippen molar-refractivity contribution in [2.75, 3.05) is 26.2 Å². The van der Waals surface area contributed by atoms with Gasteiger partial charge in [-0.1, -0.05) is 37.1 Å². The Balaban J connectivity index is 1.34. The fourth-order valence-electron chi connectivity index (χ4n) is 3.66. The summed E-state index contributed by atoms with van der Waals surface area (Å²) in [6.45, 7) is 5.48. The molecule has 0 bridgehead atoms. The first-order valence-electron chi connectivity index (χ1n) is 11.3. The Bertz CT molecular complexity index is 863. The van der Waals surface area contributed by atoms with Crippen molar-refractivity contribution in [1.29, 1.82) is 0 Å². The Kier molecular flexibility index (Phi) is 9.38. The quantitative estimate of drug-likeness (QED) is 0.528. The molecule has 0 unspecified atom stereocenters. The molecule has 0 spiro atoms. The molecular weight excluding hydrogens is 426 g/mol. The van der Waals surface area contributed by atoms with E-state index in [1.54, 1.807) is 24.3 Å². The number of amides is 2. The number of nitrogens with one attached hydrogen (secondary N) is 2. The molecule has 32 heavy (non-hydrogen) atoms. The van der Waals surface area contributed by atoms with E-state index in [2.05, 4.69) is 22.5 Å². The van der Waals surface area contributed by atoms with Crippen LogP contribution in [0.5, 0.6) is 5.75 Å². The summed E-state index contributed by atoms with van der Waals surface area (Å²) in [5.41, 5.74) is 1.75. The summed E-state index contributed by atoms with van der Waals surface area (Å²) in [6, 6.07) is 15.0. The highest BCUT2D eigenvalue weighted by molar-refractivity contribution is 6.30. The molecule has 0 saturated carbocycles. The third-order valence-electron chi connectivity index (χ3n) is 5.56. The van der Waals surface area contributed by atoms with E-state index in [4.69, 9.17) is 16.3 Å². The number of rotatable bonds is 10. The minimum atomic E-state index is -0.266. The predicted molar refractivity (Wildman–Crippen MR) is 127 cm³/mol. The maximum Gasteiger partial charge on any atom is 0.251 e. The number of ether oxygens (including phenoxy) is 1. The van der Waals surface area contributed by atoms with Crippen molar-refractivity contribution in [1.82, 2.24) is 15.5 Å². The molecule has 2 aromatic carbocycles. The smallest absolute Gasteiger partial charge is 0.251 e. The van der Waals surface area contributed by atoms with Gasteiger partial charge in [-0.05, 0) is 61.2 Å². The maximum atomic E-state index is 12.3. The van der Waals surface area contributed by atoms with E-state index < -0.39 is 0 Å². The highest BCUT2D eigenvalue weighted by Crippen LogP contribution is 2.16. The van der Waals surface area contributed by atoms with Crippen molar-refractivity contribution in [2.24, 2.45) is 0 Å². The molecule has 2 N–H and O–H groups in total. The third kappa shape index (κ3) is 7.84. The van der Waals surface area contributed by atoms with Crippen LogP contribution in [-0.2, 0) is 11.3 Å². The Morgan fingerprint density at radius 1 is 1.06 bits per heavy atom. The number of hydrogen-bond donors (Lipinski definition) is 2. The van der Waals surface area contributed by atoms with E-state index in [1.807, 2.05) is 24.3 Å².